The standard InChI is InChI=1S/C43H53F2N5O6S/c1-41(2,3)36(46-23-42-18-24-14-25(19-42)16-26(15-24)20-42)39(52)50-22-27(56-48-35-31-10-6-4-8-29(31)30-9-5-7-11-32(30)35)17-34(50)38(51)47-43(21-33(43)37(44)45)40(53)49-57(54,55)28-12-13-28/h4-11,24-28,33-34,36-37,46H,12-23H2,1-3H3,(H,47,51)(H,49,53)/t24?,25?,26?,27-,33+,34+,36-,42?,43+/m1/s1. The zero-order valence-electron chi connectivity index (χ0n) is 32.8. The predicted octanol–water partition coefficient (Wildman–Crippen LogP) is 5.37. The number of carbonyl (C=O) groups excluding carboxylic acids is 3. The van der Waals surface area contributed by atoms with Gasteiger partial charge in [0.15, 0.2) is 0 Å². The number of rotatable bonds is 12. The SMILES string of the molecule is CC(C)(C)[C@H](NCC12CC3CC(CC(C3)C1)C2)C(=O)N1C[C@H](ON=C2c3ccccc3-c3ccccc32)C[C@H]1C(=O)N[C@@]1(C(=O)NS(=O)(=O)C2CC2)C[C@H]1C(F)F. The Morgan fingerprint density at radius 3 is 1.95 bits per heavy atom. The molecule has 0 aromatic heterocycles. The number of benzene rings is 2. The highest BCUT2D eigenvalue weighted by Crippen LogP contribution is 2.60. The van der Waals surface area contributed by atoms with Crippen LogP contribution in [0.4, 0.5) is 8.78 Å². The molecule has 7 fully saturated rings. The molecule has 5 atom stereocenters. The van der Waals surface area contributed by atoms with Crippen molar-refractivity contribution in [3.8, 4) is 11.1 Å². The second-order valence-electron chi connectivity index (χ2n) is 19.4. The molecular weight excluding hydrogens is 753 g/mol. The molecule has 1 heterocycles. The van der Waals surface area contributed by atoms with Gasteiger partial charge in [-0.05, 0) is 97.5 Å². The minimum atomic E-state index is -4.08. The average molecular weight is 806 g/mol. The van der Waals surface area contributed by atoms with Gasteiger partial charge in [0, 0.05) is 24.1 Å². The highest BCUT2D eigenvalue weighted by atomic mass is 32.2. The minimum Gasteiger partial charge on any atom is -0.390 e. The Kier molecular flexibility index (Phi) is 9.38. The third kappa shape index (κ3) is 7.06. The van der Waals surface area contributed by atoms with E-state index in [0.717, 1.165) is 59.3 Å². The zero-order valence-corrected chi connectivity index (χ0v) is 33.6. The van der Waals surface area contributed by atoms with Crippen LogP contribution < -0.4 is 15.4 Å². The molecule has 14 heteroatoms. The molecule has 1 saturated heterocycles. The van der Waals surface area contributed by atoms with Crippen molar-refractivity contribution in [3.05, 3.63) is 59.7 Å². The summed E-state index contributed by atoms with van der Waals surface area (Å²) in [5.41, 5.74) is 1.88. The van der Waals surface area contributed by atoms with Gasteiger partial charge in [0.05, 0.1) is 23.8 Å². The van der Waals surface area contributed by atoms with Crippen LogP contribution in [0.15, 0.2) is 53.7 Å². The topological polar surface area (TPSA) is 146 Å². The van der Waals surface area contributed by atoms with Crippen LogP contribution in [0.25, 0.3) is 11.1 Å². The van der Waals surface area contributed by atoms with Gasteiger partial charge in [-0.3, -0.25) is 19.1 Å². The summed E-state index contributed by atoms with van der Waals surface area (Å²) in [6.07, 6.45) is 3.93. The van der Waals surface area contributed by atoms with E-state index in [1.54, 1.807) is 0 Å². The monoisotopic (exact) mass is 805 g/mol. The van der Waals surface area contributed by atoms with Crippen molar-refractivity contribution in [2.75, 3.05) is 13.1 Å². The van der Waals surface area contributed by atoms with Crippen molar-refractivity contribution >= 4 is 33.5 Å². The van der Waals surface area contributed by atoms with E-state index >= 15 is 0 Å². The summed E-state index contributed by atoms with van der Waals surface area (Å²) in [7, 11) is -4.08. The maximum atomic E-state index is 14.9. The number of halogens is 2. The van der Waals surface area contributed by atoms with Crippen molar-refractivity contribution < 1.29 is 36.4 Å². The van der Waals surface area contributed by atoms with Gasteiger partial charge in [-0.25, -0.2) is 17.2 Å². The first-order valence-electron chi connectivity index (χ1n) is 20.7. The molecule has 57 heavy (non-hydrogen) atoms. The van der Waals surface area contributed by atoms with Crippen LogP contribution >= 0.6 is 0 Å². The summed E-state index contributed by atoms with van der Waals surface area (Å²) in [5, 5.41) is 10.1. The van der Waals surface area contributed by atoms with E-state index < -0.39 is 75.0 Å². The maximum Gasteiger partial charge on any atom is 0.259 e. The van der Waals surface area contributed by atoms with Crippen LogP contribution in [-0.4, -0.2) is 85.2 Å². The molecule has 0 spiro atoms. The third-order valence-electron chi connectivity index (χ3n) is 14.0. The number of likely N-dealkylation sites (tertiary alicyclic amines) is 1. The van der Waals surface area contributed by atoms with E-state index in [4.69, 9.17) is 4.84 Å². The first-order valence-corrected chi connectivity index (χ1v) is 22.2. The summed E-state index contributed by atoms with van der Waals surface area (Å²) in [6.45, 7) is 6.64. The van der Waals surface area contributed by atoms with Gasteiger partial charge in [-0.15, -0.1) is 0 Å². The van der Waals surface area contributed by atoms with E-state index in [1.165, 1.54) is 24.2 Å². The molecule has 4 bridgehead atoms. The van der Waals surface area contributed by atoms with Gasteiger partial charge in [-0.2, -0.15) is 0 Å². The minimum absolute atomic E-state index is 0.00382. The number of amides is 3. The van der Waals surface area contributed by atoms with Crippen LogP contribution in [0.1, 0.15) is 96.1 Å². The molecule has 6 saturated carbocycles. The van der Waals surface area contributed by atoms with Crippen molar-refractivity contribution in [1.82, 2.24) is 20.3 Å². The van der Waals surface area contributed by atoms with Crippen LogP contribution in [0.5, 0.6) is 0 Å². The number of sulfonamides is 1. The third-order valence-corrected chi connectivity index (χ3v) is 15.8. The lowest BCUT2D eigenvalue weighted by molar-refractivity contribution is -0.143. The largest absolute Gasteiger partial charge is 0.390 e. The molecule has 2 aromatic rings. The number of oxime groups is 1. The Morgan fingerprint density at radius 1 is 0.877 bits per heavy atom. The summed E-state index contributed by atoms with van der Waals surface area (Å²) in [4.78, 5) is 50.5. The Morgan fingerprint density at radius 2 is 1.44 bits per heavy atom. The number of nitrogens with one attached hydrogen (secondary N) is 3. The molecule has 2 aromatic carbocycles. The molecular formula is C43H53F2N5O6S. The van der Waals surface area contributed by atoms with E-state index in [1.807, 2.05) is 74.0 Å². The highest BCUT2D eigenvalue weighted by molar-refractivity contribution is 7.91. The second-order valence-corrected chi connectivity index (χ2v) is 21.3. The zero-order chi connectivity index (χ0) is 40.1. The lowest BCUT2D eigenvalue weighted by Gasteiger charge is -2.57. The molecule has 3 N–H and O–H groups in total. The van der Waals surface area contributed by atoms with Crippen LogP contribution in [0.2, 0.25) is 0 Å². The summed E-state index contributed by atoms with van der Waals surface area (Å²) in [5.74, 6) is -1.69. The van der Waals surface area contributed by atoms with Gasteiger partial charge < -0.3 is 20.4 Å². The molecule has 8 aliphatic rings. The van der Waals surface area contributed by atoms with Gasteiger partial charge in [-0.1, -0.05) is 74.5 Å². The van der Waals surface area contributed by atoms with E-state index in [2.05, 4.69) is 15.8 Å². The van der Waals surface area contributed by atoms with E-state index in [9.17, 15) is 31.6 Å². The molecule has 7 aliphatic carbocycles. The van der Waals surface area contributed by atoms with Gasteiger partial charge in [0.2, 0.25) is 28.3 Å². The highest BCUT2D eigenvalue weighted by Gasteiger charge is 2.67. The first kappa shape index (κ1) is 38.6. The quantitative estimate of drug-likeness (QED) is 0.209. The Bertz CT molecular complexity index is 2030. The van der Waals surface area contributed by atoms with Crippen LogP contribution in [0.3, 0.4) is 0 Å². The van der Waals surface area contributed by atoms with Gasteiger partial charge in [0.25, 0.3) is 5.91 Å². The lowest BCUT2D eigenvalue weighted by atomic mass is 9.49. The normalized spacial score (nSPS) is 32.8. The number of fused-ring (bicyclic) bond motifs is 3. The number of nitrogens with zero attached hydrogens (tertiary/aromatic N) is 2. The van der Waals surface area contributed by atoms with Crippen molar-refractivity contribution in [3.63, 3.8) is 0 Å². The maximum absolute atomic E-state index is 14.9. The van der Waals surface area contributed by atoms with Crippen molar-refractivity contribution in [2.45, 2.75) is 120 Å². The molecule has 11 nitrogen and oxygen atoms in total. The second kappa shape index (κ2) is 13.8. The summed E-state index contributed by atoms with van der Waals surface area (Å²) in [6, 6.07) is 13.8. The van der Waals surface area contributed by atoms with Gasteiger partial charge in [0.1, 0.15) is 23.4 Å². The van der Waals surface area contributed by atoms with Crippen LogP contribution in [0, 0.1) is 34.5 Å². The van der Waals surface area contributed by atoms with Crippen LogP contribution in [-0.2, 0) is 29.2 Å². The lowest BCUT2D eigenvalue weighted by Crippen LogP contribution is -2.61. The average Bonchev–Trinajstić information content (AvgIpc) is 4.06. The van der Waals surface area contributed by atoms with Gasteiger partial charge >= 0.3 is 0 Å². The smallest absolute Gasteiger partial charge is 0.259 e. The first-order chi connectivity index (χ1) is 27.1. The Hall–Kier alpha value is -3.91. The van der Waals surface area contributed by atoms with E-state index in [0.29, 0.717) is 25.1 Å². The Labute approximate surface area is 333 Å². The number of hydrogen-bond acceptors (Lipinski definition) is 8. The fraction of sp³-hybridized carbons (Fsp3) is 0.628. The summed E-state index contributed by atoms with van der Waals surface area (Å²) >= 11 is 0. The van der Waals surface area contributed by atoms with Crippen molar-refractivity contribution in [1.29, 1.82) is 0 Å². The molecule has 1 aliphatic heterocycles. The fourth-order valence-corrected chi connectivity index (χ4v) is 12.7. The Balaban J connectivity index is 0.993. The molecule has 0 unspecified atom stereocenters. The molecule has 10 rings (SSSR count). The van der Waals surface area contributed by atoms with E-state index in [-0.39, 0.29) is 24.3 Å². The molecule has 0 radical (unpaired) electrons. The molecule has 306 valence electrons. The number of carbonyl (C=O) groups is 3. The molecule has 3 amide bonds. The fourth-order valence-electron chi connectivity index (χ4n) is 11.4. The number of hydrogen-bond donors (Lipinski definition) is 3. The van der Waals surface area contributed by atoms with Crippen molar-refractivity contribution in [2.24, 2.45) is 39.7 Å². The summed E-state index contributed by atoms with van der Waals surface area (Å²) < 4.78 is 55.9. The predicted molar refractivity (Wildman–Crippen MR) is 209 cm³/mol. The number of alkyl halides is 2.